The molecule has 2 rings (SSSR count). The van der Waals surface area contributed by atoms with Gasteiger partial charge in [0.1, 0.15) is 5.75 Å². The molecule has 1 N–H and O–H groups in total. The number of methoxy groups -OCH3 is 1. The van der Waals surface area contributed by atoms with Crippen LogP contribution < -0.4 is 10.1 Å². The van der Waals surface area contributed by atoms with Crippen LogP contribution in [0.25, 0.3) is 0 Å². The van der Waals surface area contributed by atoms with Gasteiger partial charge in [0.05, 0.1) is 26.0 Å². The van der Waals surface area contributed by atoms with Crippen LogP contribution in [0.4, 0.5) is 0 Å². The molecule has 0 bridgehead atoms. The van der Waals surface area contributed by atoms with Crippen LogP contribution in [0.15, 0.2) is 24.3 Å². The zero-order valence-electron chi connectivity index (χ0n) is 14.7. The quantitative estimate of drug-likeness (QED) is 0.695. The molecule has 1 heterocycles. The van der Waals surface area contributed by atoms with Gasteiger partial charge in [-0.25, -0.2) is 8.42 Å². The Kier molecular flexibility index (Phi) is 7.22. The van der Waals surface area contributed by atoms with Crippen molar-refractivity contribution in [2.45, 2.75) is 25.4 Å². The van der Waals surface area contributed by atoms with E-state index in [1.54, 1.807) is 7.11 Å². The van der Waals surface area contributed by atoms with E-state index in [1.807, 2.05) is 24.3 Å². The highest BCUT2D eigenvalue weighted by Gasteiger charge is 2.21. The Morgan fingerprint density at radius 3 is 2.64 bits per heavy atom. The van der Waals surface area contributed by atoms with Crippen molar-refractivity contribution < 1.29 is 22.7 Å². The fraction of sp³-hybridized carbons (Fsp3) is 0.588. The maximum Gasteiger partial charge on any atom is 0.235 e. The smallest absolute Gasteiger partial charge is 0.235 e. The lowest BCUT2D eigenvalue weighted by Crippen LogP contribution is -2.43. The van der Waals surface area contributed by atoms with Crippen LogP contribution in [-0.2, 0) is 26.0 Å². The molecule has 1 aromatic rings. The molecule has 0 radical (unpaired) electrons. The number of carbonyl (C=O) groups excluding carboxylic acids is 1. The van der Waals surface area contributed by atoms with Crippen LogP contribution in [0.2, 0.25) is 0 Å². The first kappa shape index (κ1) is 19.7. The molecule has 7 nitrogen and oxygen atoms in total. The fourth-order valence-electron chi connectivity index (χ4n) is 2.66. The predicted octanol–water partition coefficient (Wildman–Crippen LogP) is 0.795. The standard InChI is InChI=1S/C17H26N2O5S/c1-23-15-7-5-14(6-8-15)9-10-19(25(2,21)22)13-17(20)18-12-16-4-3-11-24-16/h5-8,16H,3-4,9-13H2,1-2H3,(H,18,20). The lowest BCUT2D eigenvalue weighted by molar-refractivity contribution is -0.121. The molecule has 1 unspecified atom stereocenters. The number of carbonyl (C=O) groups is 1. The second-order valence-electron chi connectivity index (χ2n) is 6.13. The number of benzene rings is 1. The number of rotatable bonds is 9. The first-order valence-electron chi connectivity index (χ1n) is 8.35. The molecule has 0 aromatic heterocycles. The molecule has 140 valence electrons. The Labute approximate surface area is 149 Å². The first-order chi connectivity index (χ1) is 11.9. The van der Waals surface area contributed by atoms with Crippen LogP contribution in [0.1, 0.15) is 18.4 Å². The predicted molar refractivity (Wildman–Crippen MR) is 95.1 cm³/mol. The van der Waals surface area contributed by atoms with E-state index in [-0.39, 0.29) is 25.1 Å². The summed E-state index contributed by atoms with van der Waals surface area (Å²) in [6.07, 6.45) is 3.60. The second-order valence-corrected chi connectivity index (χ2v) is 8.12. The zero-order valence-corrected chi connectivity index (χ0v) is 15.5. The number of nitrogens with zero attached hydrogens (tertiary/aromatic N) is 1. The Morgan fingerprint density at radius 1 is 1.36 bits per heavy atom. The molecule has 1 aromatic carbocycles. The maximum absolute atomic E-state index is 12.1. The number of hydrogen-bond donors (Lipinski definition) is 1. The number of amides is 1. The van der Waals surface area contributed by atoms with Crippen molar-refractivity contribution in [2.75, 3.05) is 39.6 Å². The monoisotopic (exact) mass is 370 g/mol. The van der Waals surface area contributed by atoms with E-state index in [0.29, 0.717) is 13.0 Å². The summed E-state index contributed by atoms with van der Waals surface area (Å²) in [4.78, 5) is 12.1. The van der Waals surface area contributed by atoms with E-state index in [2.05, 4.69) is 5.32 Å². The molecular formula is C17H26N2O5S. The normalized spacial score (nSPS) is 17.6. The molecule has 0 spiro atoms. The summed E-state index contributed by atoms with van der Waals surface area (Å²) in [6.45, 7) is 1.22. The minimum atomic E-state index is -3.46. The molecule has 1 fully saturated rings. The van der Waals surface area contributed by atoms with E-state index >= 15 is 0 Å². The summed E-state index contributed by atoms with van der Waals surface area (Å²) in [6, 6.07) is 7.43. The molecular weight excluding hydrogens is 344 g/mol. The molecule has 1 amide bonds. The summed E-state index contributed by atoms with van der Waals surface area (Å²) < 4.78 is 35.6. The highest BCUT2D eigenvalue weighted by molar-refractivity contribution is 7.88. The van der Waals surface area contributed by atoms with Gasteiger partial charge >= 0.3 is 0 Å². The number of sulfonamides is 1. The highest BCUT2D eigenvalue weighted by Crippen LogP contribution is 2.13. The van der Waals surface area contributed by atoms with Crippen LogP contribution in [0, 0.1) is 0 Å². The summed E-state index contributed by atoms with van der Waals surface area (Å²) in [7, 11) is -1.87. The molecule has 1 aliphatic heterocycles. The number of ether oxygens (including phenoxy) is 2. The molecule has 8 heteroatoms. The van der Waals surface area contributed by atoms with Crippen molar-refractivity contribution in [3.8, 4) is 5.75 Å². The lowest BCUT2D eigenvalue weighted by atomic mass is 10.1. The second kappa shape index (κ2) is 9.17. The van der Waals surface area contributed by atoms with Gasteiger partial charge in [-0.1, -0.05) is 12.1 Å². The molecule has 25 heavy (non-hydrogen) atoms. The van der Waals surface area contributed by atoms with E-state index in [4.69, 9.17) is 9.47 Å². The SMILES string of the molecule is COc1ccc(CCN(CC(=O)NCC2CCCO2)S(C)(=O)=O)cc1. The van der Waals surface area contributed by atoms with Crippen LogP contribution in [-0.4, -0.2) is 64.3 Å². The summed E-state index contributed by atoms with van der Waals surface area (Å²) in [5.41, 5.74) is 0.981. The maximum atomic E-state index is 12.1. The highest BCUT2D eigenvalue weighted by atomic mass is 32.2. The summed E-state index contributed by atoms with van der Waals surface area (Å²) >= 11 is 0. The van der Waals surface area contributed by atoms with Gasteiger partial charge in [0.2, 0.25) is 15.9 Å². The van der Waals surface area contributed by atoms with Crippen LogP contribution in [0.5, 0.6) is 5.75 Å². The number of nitrogens with one attached hydrogen (secondary N) is 1. The van der Waals surface area contributed by atoms with E-state index in [9.17, 15) is 13.2 Å². The van der Waals surface area contributed by atoms with Crippen molar-refractivity contribution in [1.29, 1.82) is 0 Å². The van der Waals surface area contributed by atoms with Crippen LogP contribution >= 0.6 is 0 Å². The third-order valence-electron chi connectivity index (χ3n) is 4.15. The van der Waals surface area contributed by atoms with Gasteiger partial charge in [-0.05, 0) is 37.0 Å². The van der Waals surface area contributed by atoms with Crippen molar-refractivity contribution in [1.82, 2.24) is 9.62 Å². The minimum Gasteiger partial charge on any atom is -0.497 e. The molecule has 0 aliphatic carbocycles. The molecule has 1 atom stereocenters. The van der Waals surface area contributed by atoms with Crippen molar-refractivity contribution in [3.63, 3.8) is 0 Å². The Bertz CT molecular complexity index is 654. The average Bonchev–Trinajstić information content (AvgIpc) is 3.09. The van der Waals surface area contributed by atoms with Crippen LogP contribution in [0.3, 0.4) is 0 Å². The van der Waals surface area contributed by atoms with E-state index < -0.39 is 10.0 Å². The third-order valence-corrected chi connectivity index (χ3v) is 5.40. The molecule has 1 aliphatic rings. The van der Waals surface area contributed by atoms with Crippen molar-refractivity contribution in [3.05, 3.63) is 29.8 Å². The van der Waals surface area contributed by atoms with Gasteiger partial charge in [0.25, 0.3) is 0 Å². The van der Waals surface area contributed by atoms with Gasteiger partial charge in [-0.3, -0.25) is 4.79 Å². The fourth-order valence-corrected chi connectivity index (χ4v) is 3.43. The molecule has 0 saturated carbocycles. The largest absolute Gasteiger partial charge is 0.497 e. The van der Waals surface area contributed by atoms with Crippen molar-refractivity contribution in [2.24, 2.45) is 0 Å². The Balaban J connectivity index is 1.85. The Hall–Kier alpha value is -1.64. The minimum absolute atomic E-state index is 0.0370. The van der Waals surface area contributed by atoms with E-state index in [1.165, 1.54) is 4.31 Å². The zero-order chi connectivity index (χ0) is 18.3. The lowest BCUT2D eigenvalue weighted by Gasteiger charge is -2.20. The van der Waals surface area contributed by atoms with Crippen molar-refractivity contribution >= 4 is 15.9 Å². The summed E-state index contributed by atoms with van der Waals surface area (Å²) in [5, 5.41) is 2.75. The summed E-state index contributed by atoms with van der Waals surface area (Å²) in [5.74, 6) is 0.438. The van der Waals surface area contributed by atoms with Gasteiger partial charge in [0.15, 0.2) is 0 Å². The molecule has 1 saturated heterocycles. The van der Waals surface area contributed by atoms with Gasteiger partial charge < -0.3 is 14.8 Å². The topological polar surface area (TPSA) is 84.9 Å². The van der Waals surface area contributed by atoms with Gasteiger partial charge in [-0.2, -0.15) is 4.31 Å². The number of hydrogen-bond acceptors (Lipinski definition) is 5. The Morgan fingerprint density at radius 2 is 2.08 bits per heavy atom. The van der Waals surface area contributed by atoms with Gasteiger partial charge in [0, 0.05) is 19.7 Å². The van der Waals surface area contributed by atoms with E-state index in [0.717, 1.165) is 37.0 Å². The third kappa shape index (κ3) is 6.64. The average molecular weight is 370 g/mol. The first-order valence-corrected chi connectivity index (χ1v) is 10.2. The van der Waals surface area contributed by atoms with Gasteiger partial charge in [-0.15, -0.1) is 0 Å².